The quantitative estimate of drug-likeness (QED) is 0.109. The van der Waals surface area contributed by atoms with Gasteiger partial charge in [0, 0.05) is 38.6 Å². The van der Waals surface area contributed by atoms with Gasteiger partial charge in [0.1, 0.15) is 11.5 Å². The maximum absolute atomic E-state index is 5.08. The fourth-order valence-electron chi connectivity index (χ4n) is 12.7. The number of para-hydroxylation sites is 1. The van der Waals surface area contributed by atoms with Gasteiger partial charge in [-0.3, -0.25) is 0 Å². The number of thiophene rings is 1. The van der Waals surface area contributed by atoms with Gasteiger partial charge < -0.3 is 8.98 Å². The molecule has 0 saturated carbocycles. The van der Waals surface area contributed by atoms with Crippen molar-refractivity contribution in [2.75, 3.05) is 0 Å². The highest BCUT2D eigenvalue weighted by Crippen LogP contribution is 2.32. The first-order chi connectivity index (χ1) is 57.6. The van der Waals surface area contributed by atoms with Crippen LogP contribution in [-0.4, -0.2) is 4.57 Å². The summed E-state index contributed by atoms with van der Waals surface area (Å²) in [5.74, 6) is 1.97. The van der Waals surface area contributed by atoms with Crippen molar-refractivity contribution in [3.63, 3.8) is 0 Å². The summed E-state index contributed by atoms with van der Waals surface area (Å²) < 4.78 is 7.34. The highest BCUT2D eigenvalue weighted by molar-refractivity contribution is 7.11. The fourth-order valence-corrected chi connectivity index (χ4v) is 13.5. The third-order valence-corrected chi connectivity index (χ3v) is 18.8. The van der Waals surface area contributed by atoms with Crippen LogP contribution < -0.4 is 0 Å². The van der Waals surface area contributed by atoms with Crippen molar-refractivity contribution in [1.29, 1.82) is 0 Å². The number of aryl methyl sites for hydroxylation is 16. The van der Waals surface area contributed by atoms with Crippen LogP contribution in [0.2, 0.25) is 0 Å². The van der Waals surface area contributed by atoms with Gasteiger partial charge in [-0.15, -0.1) is 11.3 Å². The fraction of sp³-hybridized carbons (Fsp3) is 0.328. The molecule has 119 heavy (non-hydrogen) atoms. The lowest BCUT2D eigenvalue weighted by Crippen LogP contribution is -1.85. The number of fused-ring (bicyclic) bond motifs is 12. The van der Waals surface area contributed by atoms with Gasteiger partial charge >= 0.3 is 0 Å². The highest BCUT2D eigenvalue weighted by atomic mass is 32.1. The van der Waals surface area contributed by atoms with Gasteiger partial charge in [-0.05, 0) is 256 Å². The van der Waals surface area contributed by atoms with Gasteiger partial charge in [-0.25, -0.2) is 0 Å². The number of nitrogens with zero attached hydrogens (tertiary/aromatic N) is 1. The van der Waals surface area contributed by atoms with Crippen LogP contribution in [0, 0.1) is 104 Å². The van der Waals surface area contributed by atoms with Gasteiger partial charge in [0.05, 0.1) is 0 Å². The Morgan fingerprint density at radius 1 is 0.185 bits per heavy atom. The summed E-state index contributed by atoms with van der Waals surface area (Å²) in [7, 11) is 2.12. The average molecular weight is 1620 g/mol. The van der Waals surface area contributed by atoms with Crippen LogP contribution in [0.3, 0.4) is 0 Å². The third kappa shape index (κ3) is 36.0. The molecular weight excluding hydrogens is 1460 g/mol. The normalized spacial score (nSPS) is 9.26. The molecular formula is C116H159NOS. The summed E-state index contributed by atoms with van der Waals surface area (Å²) in [4.78, 5) is 2.80. The van der Waals surface area contributed by atoms with E-state index in [9.17, 15) is 0 Å². The van der Waals surface area contributed by atoms with Crippen LogP contribution in [0.1, 0.15) is 235 Å². The van der Waals surface area contributed by atoms with Crippen molar-refractivity contribution in [3.05, 3.63) is 355 Å². The van der Waals surface area contributed by atoms with Crippen molar-refractivity contribution < 1.29 is 4.42 Å². The van der Waals surface area contributed by atoms with Crippen LogP contribution >= 0.6 is 11.3 Å². The Balaban J connectivity index is 0. The molecule has 0 atom stereocenters. The molecule has 17 rings (SSSR count). The SMILES string of the molecule is CC.CC.CC.CC.CC.CC.CC.CC.CC.CC.CC.Cc1cc(C)c2ccccc2c1.Cc1ccc(C)o1.Cc1ccc(C)s1.Cc1ccc2c(c1)c1ccccc1n2C.Cc1ccc2c(ccc3cc(C)ccc32)c1.Cc1ccc2cc(C)c3ccccc3c2c1.Cc1ccc2cc3cc(C)ccc3cc2c1.Cc1ccccc1C. The van der Waals surface area contributed by atoms with Crippen molar-refractivity contribution >= 4 is 109 Å². The Morgan fingerprint density at radius 2 is 0.487 bits per heavy atom. The van der Waals surface area contributed by atoms with Crippen LogP contribution in [0.25, 0.3) is 97.2 Å². The molecule has 0 aliphatic heterocycles. The van der Waals surface area contributed by atoms with Gasteiger partial charge in [-0.1, -0.05) is 410 Å². The van der Waals surface area contributed by atoms with E-state index in [1.54, 1.807) is 0 Å². The number of rotatable bonds is 0. The molecule has 0 fully saturated rings. The smallest absolute Gasteiger partial charge is 0.101 e. The van der Waals surface area contributed by atoms with E-state index in [1.165, 1.54) is 168 Å². The summed E-state index contributed by atoms with van der Waals surface area (Å²) in [6.07, 6.45) is 0. The Hall–Kier alpha value is -10.3. The van der Waals surface area contributed by atoms with Gasteiger partial charge in [-0.2, -0.15) is 0 Å². The van der Waals surface area contributed by atoms with E-state index in [1.807, 2.05) is 190 Å². The molecule has 0 aliphatic carbocycles. The maximum Gasteiger partial charge on any atom is 0.101 e. The van der Waals surface area contributed by atoms with Crippen LogP contribution in [0.15, 0.2) is 277 Å². The summed E-state index contributed by atoms with van der Waals surface area (Å²) >= 11 is 1.84. The zero-order chi connectivity index (χ0) is 90.9. The Labute approximate surface area is 731 Å². The summed E-state index contributed by atoms with van der Waals surface area (Å²) in [5, 5.41) is 21.5. The Morgan fingerprint density at radius 3 is 0.899 bits per heavy atom. The topological polar surface area (TPSA) is 18.1 Å². The second kappa shape index (κ2) is 63.7. The molecule has 0 aliphatic rings. The molecule has 2 nitrogen and oxygen atoms in total. The molecule has 0 unspecified atom stereocenters. The van der Waals surface area contributed by atoms with Crippen molar-refractivity contribution in [3.8, 4) is 0 Å². The number of furan rings is 1. The van der Waals surface area contributed by atoms with E-state index < -0.39 is 0 Å². The van der Waals surface area contributed by atoms with Crippen molar-refractivity contribution in [2.24, 2.45) is 7.05 Å². The Kier molecular flexibility index (Phi) is 59.3. The van der Waals surface area contributed by atoms with Crippen LogP contribution in [-0.2, 0) is 7.05 Å². The van der Waals surface area contributed by atoms with E-state index in [-0.39, 0.29) is 0 Å². The van der Waals surface area contributed by atoms with Crippen molar-refractivity contribution in [1.82, 2.24) is 4.57 Å². The first-order valence-corrected chi connectivity index (χ1v) is 45.6. The van der Waals surface area contributed by atoms with E-state index in [0.29, 0.717) is 0 Å². The molecule has 640 valence electrons. The second-order valence-corrected chi connectivity index (χ2v) is 27.8. The van der Waals surface area contributed by atoms with E-state index in [4.69, 9.17) is 4.42 Å². The standard InChI is InChI=1S/3C16H14.C14H13N.C12H12.C8H10.C6H8O.C6H8S.11C2H6/c1-11-3-7-15-13(9-11)5-6-14-10-12(2)4-8-16(14)15;1-11-3-5-13-10-16-8-12(2)4-6-14(16)9-15(13)7-11;1-11-7-8-13-10-12(2)14-5-3-4-6-15(14)16(13)9-11;1-10-7-8-14-12(9-10)11-5-3-4-6-13(11)15(14)2;1-9-7-10(2)12-6-4-3-5-11(12)8-9;1-7-5-3-4-6-8(7)2;2*1-5-3-4-6(2)7-5;11*1-2/h3*3-10H,1-2H3;3-9H,1-2H3;3-8H,1-2H3;3-6H,1-2H3;2*3-4H,1-2H3;11*1-2H3. The molecule has 0 N–H and O–H groups in total. The highest BCUT2D eigenvalue weighted by Gasteiger charge is 2.08. The average Bonchev–Trinajstić information content (AvgIpc) is 1.19. The molecule has 0 bridgehead atoms. The second-order valence-electron chi connectivity index (χ2n) is 26.3. The van der Waals surface area contributed by atoms with Gasteiger partial charge in [0.15, 0.2) is 0 Å². The minimum atomic E-state index is 0.984. The molecule has 3 aromatic heterocycles. The predicted octanol–water partition coefficient (Wildman–Crippen LogP) is 38.8. The van der Waals surface area contributed by atoms with E-state index in [2.05, 4.69) is 362 Å². The molecule has 3 heteroatoms. The summed E-state index contributed by atoms with van der Waals surface area (Å²) in [5.41, 5.74) is 17.3. The maximum atomic E-state index is 5.08. The lowest BCUT2D eigenvalue weighted by Gasteiger charge is -2.07. The number of benzene rings is 14. The molecule has 0 spiro atoms. The molecule has 14 aromatic carbocycles. The third-order valence-electron chi connectivity index (χ3n) is 17.9. The predicted molar refractivity (Wildman–Crippen MR) is 554 cm³/mol. The van der Waals surface area contributed by atoms with Crippen LogP contribution in [0.4, 0.5) is 0 Å². The number of aromatic nitrogens is 1. The lowest BCUT2D eigenvalue weighted by molar-refractivity contribution is 0.504. The summed E-state index contributed by atoms with van der Waals surface area (Å²) in [6, 6.07) is 97.8. The zero-order valence-electron chi connectivity index (χ0n) is 81.7. The summed E-state index contributed by atoms with van der Waals surface area (Å²) in [6.45, 7) is 75.7. The van der Waals surface area contributed by atoms with Gasteiger partial charge in [0.2, 0.25) is 0 Å². The molecule has 0 saturated heterocycles. The van der Waals surface area contributed by atoms with Crippen molar-refractivity contribution in [2.45, 2.75) is 256 Å². The monoisotopic (exact) mass is 1610 g/mol. The van der Waals surface area contributed by atoms with Crippen LogP contribution in [0.5, 0.6) is 0 Å². The Bertz CT molecular complexity index is 5320. The molecule has 0 radical (unpaired) electrons. The van der Waals surface area contributed by atoms with Gasteiger partial charge in [0.25, 0.3) is 0 Å². The number of hydrogen-bond acceptors (Lipinski definition) is 2. The number of hydrogen-bond donors (Lipinski definition) is 0. The zero-order valence-corrected chi connectivity index (χ0v) is 82.6. The first-order valence-electron chi connectivity index (χ1n) is 44.8. The lowest BCUT2D eigenvalue weighted by atomic mass is 9.97. The van der Waals surface area contributed by atoms with E-state index >= 15 is 0 Å². The molecule has 3 heterocycles. The largest absolute Gasteiger partial charge is 0.467 e. The first kappa shape index (κ1) is 111. The minimum Gasteiger partial charge on any atom is -0.467 e. The molecule has 17 aromatic rings. The molecule has 0 amide bonds. The minimum absolute atomic E-state index is 0.984. The van der Waals surface area contributed by atoms with E-state index in [0.717, 1.165) is 11.5 Å².